The number of ether oxygens (including phenoxy) is 1. The summed E-state index contributed by atoms with van der Waals surface area (Å²) in [4.78, 5) is 8.55. The molecule has 3 heterocycles. The number of pyridine rings is 2. The van der Waals surface area contributed by atoms with Crippen LogP contribution in [0, 0.1) is 6.92 Å². The van der Waals surface area contributed by atoms with E-state index in [9.17, 15) is 0 Å². The number of hydrogen-bond acceptors (Lipinski definition) is 3. The van der Waals surface area contributed by atoms with Crippen molar-refractivity contribution in [3.05, 3.63) is 88.8 Å². The number of hydrogen-bond donors (Lipinski definition) is 0. The molecule has 3 aromatic heterocycles. The van der Waals surface area contributed by atoms with Crippen LogP contribution in [0.1, 0.15) is 5.56 Å². The van der Waals surface area contributed by atoms with E-state index in [1.54, 1.807) is 12.1 Å². The molecule has 0 bridgehead atoms. The fraction of sp³-hybridized carbons (Fsp3) is 0.0435. The molecule has 0 aliphatic rings. The van der Waals surface area contributed by atoms with Gasteiger partial charge >= 0.3 is 0 Å². The second-order valence-electron chi connectivity index (χ2n) is 6.77. The van der Waals surface area contributed by atoms with E-state index in [2.05, 4.69) is 45.7 Å². The summed E-state index contributed by atoms with van der Waals surface area (Å²) in [5, 5.41) is 2.85. The molecule has 0 unspecified atom stereocenters. The van der Waals surface area contributed by atoms with Crippen LogP contribution in [0.2, 0.25) is 10.3 Å². The third kappa shape index (κ3) is 3.31. The van der Waals surface area contributed by atoms with Gasteiger partial charge in [-0.1, -0.05) is 41.4 Å². The summed E-state index contributed by atoms with van der Waals surface area (Å²) in [5.41, 5.74) is 3.25. The van der Waals surface area contributed by atoms with E-state index in [0.717, 1.165) is 33.2 Å². The van der Waals surface area contributed by atoms with E-state index >= 15 is 0 Å². The van der Waals surface area contributed by atoms with Crippen LogP contribution in [-0.2, 0) is 0 Å². The molecule has 142 valence electrons. The Morgan fingerprint density at radius 2 is 1.55 bits per heavy atom. The molecule has 0 spiro atoms. The van der Waals surface area contributed by atoms with Gasteiger partial charge in [0.25, 0.3) is 0 Å². The molecule has 0 atom stereocenters. The molecular formula is C23H15Cl2N3O. The number of para-hydroxylation sites is 1. The average molecular weight is 420 g/mol. The molecule has 0 N–H and O–H groups in total. The highest BCUT2D eigenvalue weighted by molar-refractivity contribution is 6.32. The highest BCUT2D eigenvalue weighted by atomic mass is 35.5. The fourth-order valence-corrected chi connectivity index (χ4v) is 3.98. The van der Waals surface area contributed by atoms with Crippen LogP contribution in [-0.4, -0.2) is 14.5 Å². The SMILES string of the molecule is Cc1ccnc(-n2c3ccccc3c3ccc(Oc4cc(Cl)nc(Cl)c4)cc32)c1. The summed E-state index contributed by atoms with van der Waals surface area (Å²) in [5.74, 6) is 2.07. The normalized spacial score (nSPS) is 11.3. The number of aryl methyl sites for hydroxylation is 1. The molecule has 0 fully saturated rings. The summed E-state index contributed by atoms with van der Waals surface area (Å²) in [6.07, 6.45) is 1.83. The van der Waals surface area contributed by atoms with Crippen LogP contribution in [0.25, 0.3) is 27.6 Å². The second-order valence-corrected chi connectivity index (χ2v) is 7.55. The van der Waals surface area contributed by atoms with Gasteiger partial charge in [-0.15, -0.1) is 0 Å². The van der Waals surface area contributed by atoms with Crippen molar-refractivity contribution in [2.45, 2.75) is 6.92 Å². The third-order valence-electron chi connectivity index (χ3n) is 4.75. The molecule has 0 saturated heterocycles. The third-order valence-corrected chi connectivity index (χ3v) is 5.13. The van der Waals surface area contributed by atoms with Gasteiger partial charge in [-0.2, -0.15) is 0 Å². The number of halogens is 2. The van der Waals surface area contributed by atoms with Gasteiger partial charge in [0.2, 0.25) is 0 Å². The molecule has 0 amide bonds. The summed E-state index contributed by atoms with van der Waals surface area (Å²) in [7, 11) is 0. The maximum atomic E-state index is 6.02. The molecule has 0 aliphatic heterocycles. The molecule has 5 aromatic rings. The van der Waals surface area contributed by atoms with Crippen molar-refractivity contribution >= 4 is 45.0 Å². The first-order chi connectivity index (χ1) is 14.1. The van der Waals surface area contributed by atoms with Gasteiger partial charge in [0.15, 0.2) is 0 Å². The van der Waals surface area contributed by atoms with Crippen LogP contribution in [0.5, 0.6) is 11.5 Å². The predicted molar refractivity (Wildman–Crippen MR) is 118 cm³/mol. The van der Waals surface area contributed by atoms with Crippen LogP contribution in [0.15, 0.2) is 72.9 Å². The van der Waals surface area contributed by atoms with Crippen molar-refractivity contribution in [2.24, 2.45) is 0 Å². The first-order valence-corrected chi connectivity index (χ1v) is 9.81. The maximum absolute atomic E-state index is 6.02. The van der Waals surface area contributed by atoms with E-state index in [1.165, 1.54) is 0 Å². The quantitative estimate of drug-likeness (QED) is 0.296. The first kappa shape index (κ1) is 18.0. The van der Waals surface area contributed by atoms with E-state index in [1.807, 2.05) is 36.5 Å². The molecule has 0 saturated carbocycles. The van der Waals surface area contributed by atoms with Crippen LogP contribution >= 0.6 is 23.2 Å². The van der Waals surface area contributed by atoms with Crippen molar-refractivity contribution in [2.75, 3.05) is 0 Å². The van der Waals surface area contributed by atoms with Gasteiger partial charge in [-0.05, 0) is 42.8 Å². The molecule has 5 rings (SSSR count). The fourth-order valence-electron chi connectivity index (χ4n) is 3.54. The minimum Gasteiger partial charge on any atom is -0.457 e. The Bertz CT molecular complexity index is 1360. The topological polar surface area (TPSA) is 39.9 Å². The number of nitrogens with zero attached hydrogens (tertiary/aromatic N) is 3. The van der Waals surface area contributed by atoms with E-state index in [4.69, 9.17) is 27.9 Å². The Kier molecular flexibility index (Phi) is 4.38. The molecule has 6 heteroatoms. The lowest BCUT2D eigenvalue weighted by Gasteiger charge is -2.09. The summed E-state index contributed by atoms with van der Waals surface area (Å²) in [6, 6.07) is 21.6. The lowest BCUT2D eigenvalue weighted by atomic mass is 10.1. The van der Waals surface area contributed by atoms with Gasteiger partial charge in [-0.25, -0.2) is 9.97 Å². The number of fused-ring (bicyclic) bond motifs is 3. The van der Waals surface area contributed by atoms with E-state index in [-0.39, 0.29) is 10.3 Å². The Morgan fingerprint density at radius 3 is 2.34 bits per heavy atom. The monoisotopic (exact) mass is 419 g/mol. The van der Waals surface area contributed by atoms with Gasteiger partial charge in [0, 0.05) is 35.2 Å². The standard InChI is InChI=1S/C23H15Cl2N3O/c1-14-8-9-26-23(10-14)28-19-5-3-2-4-17(19)18-7-6-15(11-20(18)28)29-16-12-21(24)27-22(25)13-16/h2-13H,1H3. The zero-order chi connectivity index (χ0) is 20.0. The van der Waals surface area contributed by atoms with Gasteiger partial charge < -0.3 is 4.74 Å². The van der Waals surface area contributed by atoms with Crippen molar-refractivity contribution < 1.29 is 4.74 Å². The van der Waals surface area contributed by atoms with Gasteiger partial charge in [-0.3, -0.25) is 4.57 Å². The van der Waals surface area contributed by atoms with E-state index < -0.39 is 0 Å². The molecule has 0 aliphatic carbocycles. The number of aromatic nitrogens is 3. The molecular weight excluding hydrogens is 405 g/mol. The number of benzene rings is 2. The van der Waals surface area contributed by atoms with Crippen molar-refractivity contribution in [1.82, 2.24) is 14.5 Å². The van der Waals surface area contributed by atoms with Crippen molar-refractivity contribution in [3.8, 4) is 17.3 Å². The summed E-state index contributed by atoms with van der Waals surface area (Å²) < 4.78 is 8.17. The van der Waals surface area contributed by atoms with E-state index in [0.29, 0.717) is 11.5 Å². The zero-order valence-electron chi connectivity index (χ0n) is 15.4. The Hall–Kier alpha value is -3.08. The Labute approximate surface area is 177 Å². The van der Waals surface area contributed by atoms with Crippen LogP contribution in [0.3, 0.4) is 0 Å². The largest absolute Gasteiger partial charge is 0.457 e. The van der Waals surface area contributed by atoms with Crippen LogP contribution in [0.4, 0.5) is 0 Å². The summed E-state index contributed by atoms with van der Waals surface area (Å²) in [6.45, 7) is 2.06. The average Bonchev–Trinajstić information content (AvgIpc) is 3.01. The highest BCUT2D eigenvalue weighted by Gasteiger charge is 2.14. The lowest BCUT2D eigenvalue weighted by Crippen LogP contribution is -1.97. The molecule has 29 heavy (non-hydrogen) atoms. The minimum absolute atomic E-state index is 0.284. The summed E-state index contributed by atoms with van der Waals surface area (Å²) >= 11 is 12.0. The zero-order valence-corrected chi connectivity index (χ0v) is 16.9. The highest BCUT2D eigenvalue weighted by Crippen LogP contribution is 2.35. The van der Waals surface area contributed by atoms with Gasteiger partial charge in [0.1, 0.15) is 27.6 Å². The second kappa shape index (κ2) is 7.07. The lowest BCUT2D eigenvalue weighted by molar-refractivity contribution is 0.482. The van der Waals surface area contributed by atoms with Crippen molar-refractivity contribution in [1.29, 1.82) is 0 Å². The Balaban J connectivity index is 1.72. The van der Waals surface area contributed by atoms with Crippen molar-refractivity contribution in [3.63, 3.8) is 0 Å². The molecule has 2 aromatic carbocycles. The van der Waals surface area contributed by atoms with Gasteiger partial charge in [0.05, 0.1) is 11.0 Å². The molecule has 4 nitrogen and oxygen atoms in total. The van der Waals surface area contributed by atoms with Crippen LogP contribution < -0.4 is 4.74 Å². The molecule has 0 radical (unpaired) electrons. The Morgan fingerprint density at radius 1 is 0.793 bits per heavy atom. The number of rotatable bonds is 3. The predicted octanol–water partition coefficient (Wildman–Crippen LogP) is 6.98. The maximum Gasteiger partial charge on any atom is 0.137 e. The first-order valence-electron chi connectivity index (χ1n) is 9.06. The smallest absolute Gasteiger partial charge is 0.137 e. The minimum atomic E-state index is 0.284.